The summed E-state index contributed by atoms with van der Waals surface area (Å²) in [7, 11) is -3.28. The molecule has 0 fully saturated rings. The van der Waals surface area contributed by atoms with Gasteiger partial charge in [-0.25, -0.2) is 13.1 Å². The van der Waals surface area contributed by atoms with E-state index in [1.54, 1.807) is 35.0 Å². The lowest BCUT2D eigenvalue weighted by molar-refractivity contribution is 0.174. The van der Waals surface area contributed by atoms with Gasteiger partial charge in [-0.1, -0.05) is 12.1 Å². The smallest absolute Gasteiger partial charge is 0.231 e. The molecule has 0 radical (unpaired) electrons. The molecule has 2 aromatic carbocycles. The summed E-state index contributed by atoms with van der Waals surface area (Å²) in [6.45, 7) is 0.168. The van der Waals surface area contributed by atoms with Gasteiger partial charge in [-0.05, 0) is 24.3 Å². The van der Waals surface area contributed by atoms with Crippen molar-refractivity contribution >= 4 is 9.84 Å². The van der Waals surface area contributed by atoms with Gasteiger partial charge in [-0.2, -0.15) is 10.4 Å². The fourth-order valence-corrected chi connectivity index (χ4v) is 3.36. The molecule has 3 aromatic rings. The van der Waals surface area contributed by atoms with Gasteiger partial charge < -0.3 is 9.47 Å². The van der Waals surface area contributed by atoms with E-state index in [9.17, 15) is 13.7 Å². The molecule has 1 aliphatic rings. The van der Waals surface area contributed by atoms with E-state index in [1.165, 1.54) is 12.1 Å². The second-order valence-electron chi connectivity index (χ2n) is 5.77. The SMILES string of the molecule is CS(=O)(=O)c1ccc(-c2cc(C#N)nn2-c2ccc3c(c2)OCO3)cc1. The molecule has 0 amide bonds. The summed E-state index contributed by atoms with van der Waals surface area (Å²) in [5, 5.41) is 13.5. The van der Waals surface area contributed by atoms with Crippen LogP contribution in [0.5, 0.6) is 11.5 Å². The Morgan fingerprint density at radius 1 is 1.08 bits per heavy atom. The topological polar surface area (TPSA) is 94.2 Å². The van der Waals surface area contributed by atoms with E-state index >= 15 is 0 Å². The highest BCUT2D eigenvalue weighted by molar-refractivity contribution is 7.90. The predicted octanol–water partition coefficient (Wildman–Crippen LogP) is 2.54. The number of sulfone groups is 1. The Bertz CT molecular complexity index is 1140. The van der Waals surface area contributed by atoms with E-state index in [4.69, 9.17) is 9.47 Å². The Kier molecular flexibility index (Phi) is 3.67. The van der Waals surface area contributed by atoms with Crippen molar-refractivity contribution in [1.29, 1.82) is 5.26 Å². The van der Waals surface area contributed by atoms with Crippen LogP contribution in [0.15, 0.2) is 53.4 Å². The van der Waals surface area contributed by atoms with E-state index in [1.807, 2.05) is 12.1 Å². The number of ether oxygens (including phenoxy) is 2. The zero-order valence-corrected chi connectivity index (χ0v) is 14.5. The molecule has 0 spiro atoms. The number of benzene rings is 2. The Morgan fingerprint density at radius 2 is 1.81 bits per heavy atom. The number of nitrogens with zero attached hydrogens (tertiary/aromatic N) is 3. The third-order valence-corrected chi connectivity index (χ3v) is 5.13. The Balaban J connectivity index is 1.82. The molecule has 0 N–H and O–H groups in total. The van der Waals surface area contributed by atoms with Crippen LogP contribution in [0.25, 0.3) is 16.9 Å². The van der Waals surface area contributed by atoms with Crippen LogP contribution in [0.1, 0.15) is 5.69 Å². The van der Waals surface area contributed by atoms with E-state index in [2.05, 4.69) is 5.10 Å². The van der Waals surface area contributed by atoms with Crippen LogP contribution in [0.4, 0.5) is 0 Å². The molecule has 130 valence electrons. The van der Waals surface area contributed by atoms with Crippen molar-refractivity contribution in [2.75, 3.05) is 13.0 Å². The van der Waals surface area contributed by atoms with Crippen molar-refractivity contribution in [2.45, 2.75) is 4.90 Å². The molecule has 0 saturated heterocycles. The molecule has 0 unspecified atom stereocenters. The highest BCUT2D eigenvalue weighted by Gasteiger charge is 2.17. The highest BCUT2D eigenvalue weighted by Crippen LogP contribution is 2.35. The maximum Gasteiger partial charge on any atom is 0.231 e. The Labute approximate surface area is 149 Å². The molecule has 0 bridgehead atoms. The molecular weight excluding hydrogens is 354 g/mol. The molecule has 26 heavy (non-hydrogen) atoms. The quantitative estimate of drug-likeness (QED) is 0.706. The standard InChI is InChI=1S/C18H13N3O4S/c1-26(22,23)15-5-2-12(3-6-15)16-8-13(10-19)20-21(16)14-4-7-17-18(9-14)25-11-24-17/h2-9H,11H2,1H3. The van der Waals surface area contributed by atoms with Gasteiger partial charge in [0, 0.05) is 24.0 Å². The average molecular weight is 367 g/mol. The zero-order chi connectivity index (χ0) is 18.3. The highest BCUT2D eigenvalue weighted by atomic mass is 32.2. The van der Waals surface area contributed by atoms with Crippen LogP contribution in [0, 0.1) is 11.3 Å². The van der Waals surface area contributed by atoms with E-state index in [0.29, 0.717) is 22.9 Å². The van der Waals surface area contributed by atoms with Gasteiger partial charge in [-0.15, -0.1) is 0 Å². The van der Waals surface area contributed by atoms with Crippen molar-refractivity contribution in [3.8, 4) is 34.5 Å². The van der Waals surface area contributed by atoms with E-state index in [-0.39, 0.29) is 17.4 Å². The molecule has 0 atom stereocenters. The maximum absolute atomic E-state index is 11.6. The number of fused-ring (bicyclic) bond motifs is 1. The third-order valence-electron chi connectivity index (χ3n) is 4.00. The van der Waals surface area contributed by atoms with Gasteiger partial charge in [0.25, 0.3) is 0 Å². The monoisotopic (exact) mass is 367 g/mol. The van der Waals surface area contributed by atoms with Crippen LogP contribution < -0.4 is 9.47 Å². The van der Waals surface area contributed by atoms with Crippen molar-refractivity contribution in [2.24, 2.45) is 0 Å². The minimum absolute atomic E-state index is 0.168. The normalized spacial score (nSPS) is 12.8. The molecule has 8 heteroatoms. The fourth-order valence-electron chi connectivity index (χ4n) is 2.73. The minimum Gasteiger partial charge on any atom is -0.454 e. The molecule has 1 aliphatic heterocycles. The third kappa shape index (κ3) is 2.78. The Morgan fingerprint density at radius 3 is 2.50 bits per heavy atom. The fraction of sp³-hybridized carbons (Fsp3) is 0.111. The van der Waals surface area contributed by atoms with Crippen molar-refractivity contribution < 1.29 is 17.9 Å². The molecule has 7 nitrogen and oxygen atoms in total. The summed E-state index contributed by atoms with van der Waals surface area (Å²) in [6, 6.07) is 15.5. The first-order chi connectivity index (χ1) is 12.5. The molecule has 0 saturated carbocycles. The van der Waals surface area contributed by atoms with Gasteiger partial charge in [0.1, 0.15) is 6.07 Å². The number of aromatic nitrogens is 2. The first-order valence-corrected chi connectivity index (χ1v) is 9.55. The molecule has 4 rings (SSSR count). The second-order valence-corrected chi connectivity index (χ2v) is 7.79. The summed E-state index contributed by atoms with van der Waals surface area (Å²) in [5.41, 5.74) is 2.37. The van der Waals surface area contributed by atoms with E-state index < -0.39 is 9.84 Å². The van der Waals surface area contributed by atoms with Crippen LogP contribution in [-0.4, -0.2) is 31.2 Å². The molecule has 2 heterocycles. The summed E-state index contributed by atoms with van der Waals surface area (Å²) in [4.78, 5) is 0.232. The lowest BCUT2D eigenvalue weighted by atomic mass is 10.1. The number of hydrogen-bond donors (Lipinski definition) is 0. The lowest BCUT2D eigenvalue weighted by Crippen LogP contribution is -2.00. The first kappa shape index (κ1) is 16.2. The average Bonchev–Trinajstić information content (AvgIpc) is 3.27. The van der Waals surface area contributed by atoms with Crippen LogP contribution in [0.3, 0.4) is 0 Å². The molecule has 0 aliphatic carbocycles. The molecule has 1 aromatic heterocycles. The summed E-state index contributed by atoms with van der Waals surface area (Å²) in [6.07, 6.45) is 1.16. The maximum atomic E-state index is 11.6. The summed E-state index contributed by atoms with van der Waals surface area (Å²) < 4.78 is 35.6. The van der Waals surface area contributed by atoms with E-state index in [0.717, 1.165) is 11.8 Å². The van der Waals surface area contributed by atoms with Gasteiger partial charge >= 0.3 is 0 Å². The number of nitriles is 1. The van der Waals surface area contributed by atoms with Gasteiger partial charge in [0.15, 0.2) is 27.0 Å². The number of hydrogen-bond acceptors (Lipinski definition) is 6. The first-order valence-electron chi connectivity index (χ1n) is 7.66. The van der Waals surface area contributed by atoms with Crippen LogP contribution >= 0.6 is 0 Å². The second kappa shape index (κ2) is 5.89. The molecular formula is C18H13N3O4S. The summed E-state index contributed by atoms with van der Waals surface area (Å²) >= 11 is 0. The number of rotatable bonds is 3. The van der Waals surface area contributed by atoms with Gasteiger partial charge in [-0.3, -0.25) is 0 Å². The summed E-state index contributed by atoms with van der Waals surface area (Å²) in [5.74, 6) is 1.26. The zero-order valence-electron chi connectivity index (χ0n) is 13.7. The van der Waals surface area contributed by atoms with Crippen molar-refractivity contribution in [3.63, 3.8) is 0 Å². The van der Waals surface area contributed by atoms with Crippen LogP contribution in [-0.2, 0) is 9.84 Å². The largest absolute Gasteiger partial charge is 0.454 e. The van der Waals surface area contributed by atoms with Crippen molar-refractivity contribution in [3.05, 3.63) is 54.2 Å². The Hall–Kier alpha value is -3.31. The van der Waals surface area contributed by atoms with Crippen LogP contribution in [0.2, 0.25) is 0 Å². The van der Waals surface area contributed by atoms with Crippen molar-refractivity contribution in [1.82, 2.24) is 9.78 Å². The predicted molar refractivity (Wildman–Crippen MR) is 92.9 cm³/mol. The van der Waals surface area contributed by atoms with Gasteiger partial charge in [0.05, 0.1) is 16.3 Å². The minimum atomic E-state index is -3.28. The lowest BCUT2D eigenvalue weighted by Gasteiger charge is -2.09. The van der Waals surface area contributed by atoms with Gasteiger partial charge in [0.2, 0.25) is 6.79 Å².